The lowest BCUT2D eigenvalue weighted by molar-refractivity contribution is -0.119. The van der Waals surface area contributed by atoms with Gasteiger partial charge in [0.1, 0.15) is 6.04 Å². The minimum atomic E-state index is -3.74. The van der Waals surface area contributed by atoms with E-state index < -0.39 is 22.0 Å². The highest BCUT2D eigenvalue weighted by atomic mass is 35.5. The fourth-order valence-electron chi connectivity index (χ4n) is 3.45. The lowest BCUT2D eigenvalue weighted by Crippen LogP contribution is -2.43. The number of hydrogen-bond donors (Lipinski definition) is 1. The van der Waals surface area contributed by atoms with Crippen molar-refractivity contribution in [2.45, 2.75) is 37.6 Å². The maximum atomic E-state index is 13.2. The summed E-state index contributed by atoms with van der Waals surface area (Å²) >= 11 is 7.54. The monoisotopic (exact) mass is 470 g/mol. The van der Waals surface area contributed by atoms with Gasteiger partial charge in [-0.15, -0.1) is 11.3 Å². The number of anilines is 1. The van der Waals surface area contributed by atoms with Gasteiger partial charge in [-0.25, -0.2) is 13.4 Å². The van der Waals surface area contributed by atoms with Crippen LogP contribution in [-0.2, 0) is 14.8 Å². The topological polar surface area (TPSA) is 99.7 Å². The normalized spacial score (nSPS) is 16.8. The summed E-state index contributed by atoms with van der Waals surface area (Å²) in [6.45, 7) is 4.52. The van der Waals surface area contributed by atoms with E-state index in [1.165, 1.54) is 38.7 Å². The molecule has 1 atom stereocenters. The predicted octanol–water partition coefficient (Wildman–Crippen LogP) is 3.07. The molecule has 0 spiro atoms. The maximum Gasteiger partial charge on any atom is 0.256 e. The Balaban J connectivity index is 1.87. The van der Waals surface area contributed by atoms with Crippen LogP contribution in [0.2, 0.25) is 5.02 Å². The predicted molar refractivity (Wildman–Crippen MR) is 116 cm³/mol. The highest BCUT2D eigenvalue weighted by Gasteiger charge is 2.36. The number of aromatic nitrogens is 1. The summed E-state index contributed by atoms with van der Waals surface area (Å²) < 4.78 is 27.0. The largest absolute Gasteiger partial charge is 0.327 e. The Morgan fingerprint density at radius 3 is 2.70 bits per heavy atom. The van der Waals surface area contributed by atoms with E-state index in [-0.39, 0.29) is 21.4 Å². The minimum absolute atomic E-state index is 0.00179. The van der Waals surface area contributed by atoms with Crippen molar-refractivity contribution in [3.05, 3.63) is 40.4 Å². The number of sulfonamides is 1. The Bertz CT molecular complexity index is 1020. The number of amides is 2. The number of carbonyl (C=O) groups is 2. The minimum Gasteiger partial charge on any atom is -0.327 e. The van der Waals surface area contributed by atoms with Gasteiger partial charge in [0.15, 0.2) is 5.13 Å². The molecule has 1 fully saturated rings. The molecule has 2 heterocycles. The molecule has 1 N–H and O–H groups in total. The Morgan fingerprint density at radius 1 is 1.33 bits per heavy atom. The van der Waals surface area contributed by atoms with Gasteiger partial charge in [-0.2, -0.15) is 4.31 Å². The Kier molecular flexibility index (Phi) is 7.12. The molecule has 30 heavy (non-hydrogen) atoms. The van der Waals surface area contributed by atoms with Crippen LogP contribution < -0.4 is 5.32 Å². The van der Waals surface area contributed by atoms with Crippen LogP contribution in [0.15, 0.2) is 34.7 Å². The van der Waals surface area contributed by atoms with Gasteiger partial charge >= 0.3 is 0 Å². The average molecular weight is 471 g/mol. The molecule has 1 unspecified atom stereocenters. The molecule has 0 radical (unpaired) electrons. The molecular weight excluding hydrogens is 448 g/mol. The molecule has 3 rings (SSSR count). The molecule has 11 heteroatoms. The van der Waals surface area contributed by atoms with Crippen molar-refractivity contribution < 1.29 is 18.0 Å². The second-order valence-corrected chi connectivity index (χ2v) is 9.95. The number of likely N-dealkylation sites (tertiary alicyclic amines) is 1. The lowest BCUT2D eigenvalue weighted by Gasteiger charge is -2.24. The number of halogens is 1. The molecule has 1 aromatic carbocycles. The average Bonchev–Trinajstić information content (AvgIpc) is 3.40. The standard InChI is InChI=1S/C19H23ClN4O4S2/c1-3-23(4-2)30(27,28)13-7-8-15(20)14(12-13)18(26)24-10-5-6-16(24)17(25)22-19-21-9-11-29-19/h7-9,11-12,16H,3-6,10H2,1-2H3,(H,21,22,25). The summed E-state index contributed by atoms with van der Waals surface area (Å²) in [5, 5.41) is 5.07. The molecule has 162 valence electrons. The van der Waals surface area contributed by atoms with E-state index in [9.17, 15) is 18.0 Å². The van der Waals surface area contributed by atoms with Crippen LogP contribution >= 0.6 is 22.9 Å². The van der Waals surface area contributed by atoms with Crippen molar-refractivity contribution in [1.82, 2.24) is 14.2 Å². The fourth-order valence-corrected chi connectivity index (χ4v) is 5.67. The zero-order valence-electron chi connectivity index (χ0n) is 16.7. The number of hydrogen-bond acceptors (Lipinski definition) is 6. The first kappa shape index (κ1) is 22.7. The van der Waals surface area contributed by atoms with Crippen LogP contribution in [-0.4, -0.2) is 60.1 Å². The van der Waals surface area contributed by atoms with Crippen LogP contribution in [0.25, 0.3) is 0 Å². The van der Waals surface area contributed by atoms with E-state index in [0.29, 0.717) is 37.6 Å². The molecule has 0 bridgehead atoms. The number of carbonyl (C=O) groups excluding carboxylic acids is 2. The maximum absolute atomic E-state index is 13.2. The van der Waals surface area contributed by atoms with E-state index in [1.54, 1.807) is 25.4 Å². The second kappa shape index (κ2) is 9.42. The number of rotatable bonds is 7. The van der Waals surface area contributed by atoms with E-state index in [0.717, 1.165) is 0 Å². The van der Waals surface area contributed by atoms with Gasteiger partial charge in [-0.3, -0.25) is 9.59 Å². The molecule has 2 amide bonds. The van der Waals surface area contributed by atoms with Crippen molar-refractivity contribution in [2.24, 2.45) is 0 Å². The van der Waals surface area contributed by atoms with E-state index in [4.69, 9.17) is 11.6 Å². The highest BCUT2D eigenvalue weighted by Crippen LogP contribution is 2.28. The highest BCUT2D eigenvalue weighted by molar-refractivity contribution is 7.89. The SMILES string of the molecule is CCN(CC)S(=O)(=O)c1ccc(Cl)c(C(=O)N2CCCC2C(=O)Nc2nccs2)c1. The number of nitrogens with zero attached hydrogens (tertiary/aromatic N) is 3. The zero-order valence-corrected chi connectivity index (χ0v) is 19.1. The third-order valence-corrected chi connectivity index (χ3v) is 8.05. The number of benzene rings is 1. The van der Waals surface area contributed by atoms with Crippen molar-refractivity contribution in [2.75, 3.05) is 25.0 Å². The van der Waals surface area contributed by atoms with Gasteiger partial charge in [-0.1, -0.05) is 25.4 Å². The Labute approximate surface area is 184 Å². The Morgan fingerprint density at radius 2 is 2.07 bits per heavy atom. The van der Waals surface area contributed by atoms with Gasteiger partial charge in [0.25, 0.3) is 5.91 Å². The second-order valence-electron chi connectivity index (χ2n) is 6.71. The lowest BCUT2D eigenvalue weighted by atomic mass is 10.1. The third-order valence-electron chi connectivity index (χ3n) is 4.99. The van der Waals surface area contributed by atoms with Gasteiger partial charge in [0.2, 0.25) is 15.9 Å². The first-order valence-corrected chi connectivity index (χ1v) is 12.3. The molecule has 2 aromatic rings. The van der Waals surface area contributed by atoms with Crippen LogP contribution in [0, 0.1) is 0 Å². The van der Waals surface area contributed by atoms with E-state index >= 15 is 0 Å². The smallest absolute Gasteiger partial charge is 0.256 e. The number of thiazole rings is 1. The van der Waals surface area contributed by atoms with Crippen LogP contribution in [0.3, 0.4) is 0 Å². The van der Waals surface area contributed by atoms with Gasteiger partial charge in [-0.05, 0) is 31.0 Å². The van der Waals surface area contributed by atoms with Crippen molar-refractivity contribution in [3.63, 3.8) is 0 Å². The van der Waals surface area contributed by atoms with Gasteiger partial charge < -0.3 is 10.2 Å². The molecule has 1 aromatic heterocycles. The zero-order chi connectivity index (χ0) is 21.9. The van der Waals surface area contributed by atoms with Gasteiger partial charge in [0.05, 0.1) is 15.5 Å². The third kappa shape index (κ3) is 4.51. The molecular formula is C19H23ClN4O4S2. The Hall–Kier alpha value is -2.01. The fraction of sp³-hybridized carbons (Fsp3) is 0.421. The summed E-state index contributed by atoms with van der Waals surface area (Å²) in [5.74, 6) is -0.785. The first-order valence-electron chi connectivity index (χ1n) is 9.60. The molecule has 1 aliphatic rings. The van der Waals surface area contributed by atoms with Crippen LogP contribution in [0.1, 0.15) is 37.0 Å². The van der Waals surface area contributed by atoms with E-state index in [1.807, 2.05) is 0 Å². The van der Waals surface area contributed by atoms with Crippen LogP contribution in [0.5, 0.6) is 0 Å². The quantitative estimate of drug-likeness (QED) is 0.670. The molecule has 0 saturated carbocycles. The molecule has 1 aliphatic heterocycles. The molecule has 8 nitrogen and oxygen atoms in total. The van der Waals surface area contributed by atoms with Crippen LogP contribution in [0.4, 0.5) is 5.13 Å². The van der Waals surface area contributed by atoms with Crippen molar-refractivity contribution in [3.8, 4) is 0 Å². The molecule has 0 aliphatic carbocycles. The number of nitrogens with one attached hydrogen (secondary N) is 1. The molecule has 1 saturated heterocycles. The van der Waals surface area contributed by atoms with E-state index in [2.05, 4.69) is 10.3 Å². The summed E-state index contributed by atoms with van der Waals surface area (Å²) in [6.07, 6.45) is 2.76. The summed E-state index contributed by atoms with van der Waals surface area (Å²) in [7, 11) is -3.74. The summed E-state index contributed by atoms with van der Waals surface area (Å²) in [6, 6.07) is 3.43. The van der Waals surface area contributed by atoms with Gasteiger partial charge in [0, 0.05) is 31.2 Å². The summed E-state index contributed by atoms with van der Waals surface area (Å²) in [4.78, 5) is 31.4. The first-order chi connectivity index (χ1) is 14.3. The van der Waals surface area contributed by atoms with Crippen molar-refractivity contribution >= 4 is 49.9 Å². The summed E-state index contributed by atoms with van der Waals surface area (Å²) in [5.41, 5.74) is 0.0684. The van der Waals surface area contributed by atoms with Crippen molar-refractivity contribution in [1.29, 1.82) is 0 Å².